The monoisotopic (exact) mass is 398 g/mol. The topological polar surface area (TPSA) is 54.4 Å². The van der Waals surface area contributed by atoms with Gasteiger partial charge in [0.05, 0.1) is 19.3 Å². The first kappa shape index (κ1) is 20.2. The van der Waals surface area contributed by atoms with Gasteiger partial charge in [-0.2, -0.15) is 0 Å². The Hall–Kier alpha value is -2.12. The van der Waals surface area contributed by atoms with Gasteiger partial charge in [-0.1, -0.05) is 42.5 Å². The van der Waals surface area contributed by atoms with Crippen LogP contribution in [0.15, 0.2) is 54.6 Å². The number of hydrogen-bond donors (Lipinski definition) is 1. The number of aliphatic hydroxyl groups excluding tert-OH is 1. The molecule has 0 saturated carbocycles. The van der Waals surface area contributed by atoms with Gasteiger partial charge in [0.1, 0.15) is 6.61 Å². The molecule has 2 aromatic rings. The fourth-order valence-electron chi connectivity index (χ4n) is 3.80. The fourth-order valence-corrected chi connectivity index (χ4v) is 3.80. The summed E-state index contributed by atoms with van der Waals surface area (Å²) >= 11 is 0. The number of nitrogens with zero attached hydrogens (tertiary/aromatic N) is 2. The number of benzene rings is 2. The van der Waals surface area contributed by atoms with E-state index in [9.17, 15) is 5.11 Å². The number of hydrogen-bond acceptors (Lipinski definition) is 6. The van der Waals surface area contributed by atoms with Gasteiger partial charge in [-0.3, -0.25) is 9.80 Å². The van der Waals surface area contributed by atoms with Crippen LogP contribution < -0.4 is 9.47 Å². The first-order valence-corrected chi connectivity index (χ1v) is 10.4. The molecule has 6 nitrogen and oxygen atoms in total. The Bertz CT molecular complexity index is 750. The fraction of sp³-hybridized carbons (Fsp3) is 0.478. The number of para-hydroxylation sites is 2. The van der Waals surface area contributed by atoms with Crippen molar-refractivity contribution in [1.29, 1.82) is 0 Å². The SMILES string of the molecule is O[C@H](COC[C@H]1COc2ccccc2O1)CN1CCN(Cc2ccccc2)CC1. The third-order valence-corrected chi connectivity index (χ3v) is 5.36. The van der Waals surface area contributed by atoms with Gasteiger partial charge in [-0.25, -0.2) is 0 Å². The molecular formula is C23H30N2O4. The Labute approximate surface area is 172 Å². The summed E-state index contributed by atoms with van der Waals surface area (Å²) in [6, 6.07) is 18.2. The summed E-state index contributed by atoms with van der Waals surface area (Å²) in [6.45, 7) is 6.82. The van der Waals surface area contributed by atoms with Crippen LogP contribution in [0.5, 0.6) is 11.5 Å². The molecule has 0 aromatic heterocycles. The lowest BCUT2D eigenvalue weighted by Gasteiger charge is -2.35. The minimum atomic E-state index is -0.493. The van der Waals surface area contributed by atoms with Crippen LogP contribution in [0.25, 0.3) is 0 Å². The van der Waals surface area contributed by atoms with E-state index in [0.29, 0.717) is 26.4 Å². The summed E-state index contributed by atoms with van der Waals surface area (Å²) in [5.41, 5.74) is 1.35. The van der Waals surface area contributed by atoms with E-state index in [4.69, 9.17) is 14.2 Å². The van der Waals surface area contributed by atoms with Gasteiger partial charge in [-0.15, -0.1) is 0 Å². The number of piperazine rings is 1. The van der Waals surface area contributed by atoms with E-state index >= 15 is 0 Å². The number of rotatable bonds is 8. The molecule has 2 aliphatic heterocycles. The van der Waals surface area contributed by atoms with E-state index in [1.165, 1.54) is 5.56 Å². The van der Waals surface area contributed by atoms with Gasteiger partial charge in [-0.05, 0) is 17.7 Å². The molecule has 1 fully saturated rings. The smallest absolute Gasteiger partial charge is 0.161 e. The highest BCUT2D eigenvalue weighted by atomic mass is 16.6. The second-order valence-electron chi connectivity index (χ2n) is 7.75. The third kappa shape index (κ3) is 5.93. The summed E-state index contributed by atoms with van der Waals surface area (Å²) in [7, 11) is 0. The van der Waals surface area contributed by atoms with Crippen LogP contribution in [0.2, 0.25) is 0 Å². The van der Waals surface area contributed by atoms with Crippen molar-refractivity contribution in [2.75, 3.05) is 52.5 Å². The molecule has 0 radical (unpaired) electrons. The lowest BCUT2D eigenvalue weighted by atomic mass is 10.2. The Balaban J connectivity index is 1.11. The van der Waals surface area contributed by atoms with Gasteiger partial charge >= 0.3 is 0 Å². The van der Waals surface area contributed by atoms with Crippen molar-refractivity contribution in [2.45, 2.75) is 18.8 Å². The van der Waals surface area contributed by atoms with Crippen LogP contribution in [0.1, 0.15) is 5.56 Å². The average Bonchev–Trinajstić information content (AvgIpc) is 2.76. The molecule has 2 aromatic carbocycles. The molecule has 156 valence electrons. The molecule has 29 heavy (non-hydrogen) atoms. The first-order chi connectivity index (χ1) is 14.3. The summed E-state index contributed by atoms with van der Waals surface area (Å²) in [6.07, 6.45) is -0.633. The Morgan fingerprint density at radius 3 is 2.41 bits per heavy atom. The molecule has 4 rings (SSSR count). The van der Waals surface area contributed by atoms with Crippen molar-refractivity contribution in [2.24, 2.45) is 0 Å². The lowest BCUT2D eigenvalue weighted by Crippen LogP contribution is -2.48. The van der Waals surface area contributed by atoms with Crippen molar-refractivity contribution in [3.63, 3.8) is 0 Å². The van der Waals surface area contributed by atoms with Gasteiger partial charge < -0.3 is 19.3 Å². The number of aliphatic hydroxyl groups is 1. The first-order valence-electron chi connectivity index (χ1n) is 10.4. The van der Waals surface area contributed by atoms with E-state index in [0.717, 1.165) is 44.2 Å². The van der Waals surface area contributed by atoms with Crippen molar-refractivity contribution in [3.05, 3.63) is 60.2 Å². The minimum Gasteiger partial charge on any atom is -0.486 e. The highest BCUT2D eigenvalue weighted by Gasteiger charge is 2.22. The second kappa shape index (κ2) is 10.1. The van der Waals surface area contributed by atoms with Crippen molar-refractivity contribution in [1.82, 2.24) is 9.80 Å². The van der Waals surface area contributed by atoms with Crippen LogP contribution in [0, 0.1) is 0 Å². The molecule has 0 amide bonds. The van der Waals surface area contributed by atoms with Crippen LogP contribution in [0.3, 0.4) is 0 Å². The van der Waals surface area contributed by atoms with E-state index in [1.807, 2.05) is 24.3 Å². The number of β-amino-alcohol motifs (C(OH)–C–C–N with tert-alkyl or cyclic N) is 1. The molecule has 1 N–H and O–H groups in total. The number of ether oxygens (including phenoxy) is 3. The van der Waals surface area contributed by atoms with Crippen LogP contribution in [-0.2, 0) is 11.3 Å². The van der Waals surface area contributed by atoms with Crippen LogP contribution in [0.4, 0.5) is 0 Å². The molecule has 2 atom stereocenters. The maximum absolute atomic E-state index is 10.3. The van der Waals surface area contributed by atoms with Gasteiger partial charge in [0.15, 0.2) is 17.6 Å². The highest BCUT2D eigenvalue weighted by Crippen LogP contribution is 2.30. The van der Waals surface area contributed by atoms with Crippen LogP contribution in [-0.4, -0.2) is 79.7 Å². The second-order valence-corrected chi connectivity index (χ2v) is 7.75. The normalized spacial score (nSPS) is 21.1. The van der Waals surface area contributed by atoms with E-state index < -0.39 is 6.10 Å². The van der Waals surface area contributed by atoms with Crippen molar-refractivity contribution >= 4 is 0 Å². The van der Waals surface area contributed by atoms with Gasteiger partial charge in [0, 0.05) is 39.3 Å². The minimum absolute atomic E-state index is 0.140. The molecule has 2 aliphatic rings. The Morgan fingerprint density at radius 1 is 0.931 bits per heavy atom. The predicted octanol–water partition coefficient (Wildman–Crippen LogP) is 2.02. The highest BCUT2D eigenvalue weighted by molar-refractivity contribution is 5.40. The number of fused-ring (bicyclic) bond motifs is 1. The van der Waals surface area contributed by atoms with E-state index in [2.05, 4.69) is 40.1 Å². The van der Waals surface area contributed by atoms with Crippen LogP contribution >= 0.6 is 0 Å². The molecule has 0 aliphatic carbocycles. The zero-order chi connectivity index (χ0) is 19.9. The zero-order valence-electron chi connectivity index (χ0n) is 16.8. The summed E-state index contributed by atoms with van der Waals surface area (Å²) in [5.74, 6) is 1.52. The largest absolute Gasteiger partial charge is 0.486 e. The van der Waals surface area contributed by atoms with E-state index in [1.54, 1.807) is 0 Å². The third-order valence-electron chi connectivity index (χ3n) is 5.36. The maximum atomic E-state index is 10.3. The summed E-state index contributed by atoms with van der Waals surface area (Å²) in [5, 5.41) is 10.3. The van der Waals surface area contributed by atoms with Gasteiger partial charge in [0.25, 0.3) is 0 Å². The Kier molecular flexibility index (Phi) is 7.00. The molecule has 0 bridgehead atoms. The Morgan fingerprint density at radius 2 is 1.62 bits per heavy atom. The molecule has 0 unspecified atom stereocenters. The zero-order valence-corrected chi connectivity index (χ0v) is 16.8. The van der Waals surface area contributed by atoms with E-state index in [-0.39, 0.29) is 6.10 Å². The lowest BCUT2D eigenvalue weighted by molar-refractivity contribution is -0.0322. The van der Waals surface area contributed by atoms with Crippen molar-refractivity contribution in [3.8, 4) is 11.5 Å². The predicted molar refractivity (Wildman–Crippen MR) is 111 cm³/mol. The molecule has 1 saturated heterocycles. The molecule has 2 heterocycles. The molecule has 0 spiro atoms. The molecule has 6 heteroatoms. The maximum Gasteiger partial charge on any atom is 0.161 e. The van der Waals surface area contributed by atoms with Crippen molar-refractivity contribution < 1.29 is 19.3 Å². The standard InChI is InChI=1S/C23H30N2O4/c26-20(16-27-17-21-18-28-22-8-4-5-9-23(22)29-21)15-25-12-10-24(11-13-25)14-19-6-2-1-3-7-19/h1-9,20-21,26H,10-18H2/t20-,21-/m0/s1. The molecular weight excluding hydrogens is 368 g/mol. The average molecular weight is 399 g/mol. The quantitative estimate of drug-likeness (QED) is 0.734. The van der Waals surface area contributed by atoms with Gasteiger partial charge in [0.2, 0.25) is 0 Å². The summed E-state index contributed by atoms with van der Waals surface area (Å²) in [4.78, 5) is 4.78. The summed E-state index contributed by atoms with van der Waals surface area (Å²) < 4.78 is 17.3.